The van der Waals surface area contributed by atoms with Crippen molar-refractivity contribution in [1.82, 2.24) is 20.1 Å². The van der Waals surface area contributed by atoms with Crippen molar-refractivity contribution >= 4 is 29.3 Å². The summed E-state index contributed by atoms with van der Waals surface area (Å²) in [4.78, 5) is 12.0. The van der Waals surface area contributed by atoms with Crippen LogP contribution in [-0.2, 0) is 11.2 Å². The molecule has 8 heteroatoms. The zero-order chi connectivity index (χ0) is 18.5. The topological polar surface area (TPSA) is 59.8 Å². The van der Waals surface area contributed by atoms with Gasteiger partial charge in [-0.05, 0) is 37.1 Å². The van der Waals surface area contributed by atoms with E-state index in [1.54, 1.807) is 12.1 Å². The minimum absolute atomic E-state index is 0.108. The van der Waals surface area contributed by atoms with Crippen LogP contribution in [0.4, 0.5) is 4.39 Å². The second kappa shape index (κ2) is 8.68. The second-order valence-electron chi connectivity index (χ2n) is 6.19. The van der Waals surface area contributed by atoms with Crippen LogP contribution in [0.15, 0.2) is 41.0 Å². The number of amides is 1. The van der Waals surface area contributed by atoms with E-state index in [0.717, 1.165) is 24.9 Å². The van der Waals surface area contributed by atoms with Crippen LogP contribution in [0.5, 0.6) is 0 Å². The normalized spacial score (nSPS) is 14.1. The molecule has 2 aromatic rings. The summed E-state index contributed by atoms with van der Waals surface area (Å²) < 4.78 is 15.1. The number of halogens is 2. The number of rotatable bonds is 8. The van der Waals surface area contributed by atoms with Crippen molar-refractivity contribution < 1.29 is 9.18 Å². The Hall–Kier alpha value is -1.86. The molecule has 1 saturated carbocycles. The smallest absolute Gasteiger partial charge is 0.223 e. The lowest BCUT2D eigenvalue weighted by molar-refractivity contribution is -0.127. The molecule has 26 heavy (non-hydrogen) atoms. The molecule has 1 aromatic heterocycles. The molecule has 0 atom stereocenters. The van der Waals surface area contributed by atoms with E-state index in [1.807, 2.05) is 4.57 Å². The Kier molecular flexibility index (Phi) is 6.32. The maximum Gasteiger partial charge on any atom is 0.223 e. The summed E-state index contributed by atoms with van der Waals surface area (Å²) in [6.45, 7) is 4.17. The average molecular weight is 395 g/mol. The number of carbonyl (C=O) groups is 1. The Bertz CT molecular complexity index is 789. The fourth-order valence-corrected chi connectivity index (χ4v) is 3.55. The molecule has 1 amide bonds. The van der Waals surface area contributed by atoms with Gasteiger partial charge >= 0.3 is 0 Å². The summed E-state index contributed by atoms with van der Waals surface area (Å²) in [5, 5.41) is 12.6. The van der Waals surface area contributed by atoms with Crippen LogP contribution in [-0.4, -0.2) is 33.0 Å². The second-order valence-corrected chi connectivity index (χ2v) is 7.66. The number of hydrogen-bond donors (Lipinski definition) is 1. The number of aromatic nitrogens is 3. The molecule has 3 rings (SSSR count). The molecule has 1 heterocycles. The molecule has 0 spiro atoms. The predicted octanol–water partition coefficient (Wildman–Crippen LogP) is 3.71. The third-order valence-corrected chi connectivity index (χ3v) is 5.57. The van der Waals surface area contributed by atoms with Crippen molar-refractivity contribution in [1.29, 1.82) is 0 Å². The van der Waals surface area contributed by atoms with E-state index in [2.05, 4.69) is 22.1 Å². The maximum atomic E-state index is 13.3. The Morgan fingerprint density at radius 2 is 2.08 bits per heavy atom. The van der Waals surface area contributed by atoms with Crippen molar-refractivity contribution in [3.63, 3.8) is 0 Å². The molecule has 0 aliphatic heterocycles. The van der Waals surface area contributed by atoms with E-state index in [1.165, 1.54) is 23.9 Å². The van der Waals surface area contributed by atoms with Crippen LogP contribution in [0.25, 0.3) is 5.69 Å². The van der Waals surface area contributed by atoms with Gasteiger partial charge in [-0.3, -0.25) is 9.36 Å². The van der Waals surface area contributed by atoms with Crippen LogP contribution in [0.2, 0.25) is 0 Å². The summed E-state index contributed by atoms with van der Waals surface area (Å²) in [5.74, 6) is 1.16. The first-order valence-electron chi connectivity index (χ1n) is 8.48. The number of nitrogens with zero attached hydrogens (tertiary/aromatic N) is 3. The molecule has 1 aliphatic carbocycles. The number of carbonyl (C=O) groups excluding carboxylic acids is 1. The summed E-state index contributed by atoms with van der Waals surface area (Å²) in [6, 6.07) is 6.14. The summed E-state index contributed by atoms with van der Waals surface area (Å²) >= 11 is 7.26. The highest BCUT2D eigenvalue weighted by Crippen LogP contribution is 2.26. The first-order chi connectivity index (χ1) is 12.5. The van der Waals surface area contributed by atoms with Gasteiger partial charge in [-0.2, -0.15) is 0 Å². The summed E-state index contributed by atoms with van der Waals surface area (Å²) in [6.07, 6.45) is 3.61. The van der Waals surface area contributed by atoms with E-state index in [4.69, 9.17) is 11.6 Å². The van der Waals surface area contributed by atoms with Crippen molar-refractivity contribution in [3.8, 4) is 5.69 Å². The third-order valence-electron chi connectivity index (χ3n) is 4.27. The maximum absolute atomic E-state index is 13.3. The lowest BCUT2D eigenvalue weighted by Gasteiger charge is -2.23. The lowest BCUT2D eigenvalue weighted by atomic mass is 9.85. The first-order valence-corrected chi connectivity index (χ1v) is 9.85. The van der Waals surface area contributed by atoms with Gasteiger partial charge in [0.2, 0.25) is 5.91 Å². The molecule has 1 fully saturated rings. The third kappa shape index (κ3) is 4.65. The zero-order valence-corrected chi connectivity index (χ0v) is 15.8. The van der Waals surface area contributed by atoms with Crippen molar-refractivity contribution in [2.75, 3.05) is 12.3 Å². The van der Waals surface area contributed by atoms with Crippen LogP contribution >= 0.6 is 23.4 Å². The number of nitrogens with one attached hydrogen (secondary N) is 1. The minimum Gasteiger partial charge on any atom is -0.355 e. The van der Waals surface area contributed by atoms with E-state index >= 15 is 0 Å². The molecule has 0 bridgehead atoms. The highest BCUT2D eigenvalue weighted by molar-refractivity contribution is 7.99. The van der Waals surface area contributed by atoms with Crippen molar-refractivity contribution in [3.05, 3.63) is 47.5 Å². The Morgan fingerprint density at radius 3 is 2.69 bits per heavy atom. The summed E-state index contributed by atoms with van der Waals surface area (Å²) in [7, 11) is 0. The van der Waals surface area contributed by atoms with Gasteiger partial charge in [0.25, 0.3) is 0 Å². The predicted molar refractivity (Wildman–Crippen MR) is 101 cm³/mol. The Balaban J connectivity index is 1.74. The van der Waals surface area contributed by atoms with Gasteiger partial charge in [0, 0.05) is 35.4 Å². The standard InChI is InChI=1S/C18H20ClFN4OS/c1-12(19)11-26-18-23-22-16(9-10-21-17(25)13-3-2-4-13)24(18)15-7-5-14(20)6-8-15/h5-8,13H,1-4,9-11H2,(H,21,25). The average Bonchev–Trinajstić information content (AvgIpc) is 2.95. The first kappa shape index (κ1) is 18.9. The molecule has 138 valence electrons. The quantitative estimate of drug-likeness (QED) is 0.693. The minimum atomic E-state index is -0.306. The lowest BCUT2D eigenvalue weighted by Crippen LogP contribution is -2.35. The van der Waals surface area contributed by atoms with Crippen LogP contribution in [0.1, 0.15) is 25.1 Å². The van der Waals surface area contributed by atoms with Gasteiger partial charge in [-0.1, -0.05) is 36.4 Å². The fraction of sp³-hybridized carbons (Fsp3) is 0.389. The fourth-order valence-electron chi connectivity index (χ4n) is 2.66. The Morgan fingerprint density at radius 1 is 1.35 bits per heavy atom. The van der Waals surface area contributed by atoms with E-state index in [9.17, 15) is 9.18 Å². The van der Waals surface area contributed by atoms with Crippen LogP contribution in [0.3, 0.4) is 0 Å². The van der Waals surface area contributed by atoms with Crippen LogP contribution < -0.4 is 5.32 Å². The molecule has 0 radical (unpaired) electrons. The van der Waals surface area contributed by atoms with Gasteiger partial charge < -0.3 is 5.32 Å². The highest BCUT2D eigenvalue weighted by atomic mass is 35.5. The highest BCUT2D eigenvalue weighted by Gasteiger charge is 2.25. The van der Waals surface area contributed by atoms with Gasteiger partial charge in [-0.25, -0.2) is 4.39 Å². The molecule has 1 N–H and O–H groups in total. The zero-order valence-electron chi connectivity index (χ0n) is 14.3. The van der Waals surface area contributed by atoms with Crippen molar-refractivity contribution in [2.24, 2.45) is 5.92 Å². The van der Waals surface area contributed by atoms with Gasteiger partial charge in [0.1, 0.15) is 11.6 Å². The van der Waals surface area contributed by atoms with Gasteiger partial charge in [-0.15, -0.1) is 10.2 Å². The monoisotopic (exact) mass is 394 g/mol. The molecule has 5 nitrogen and oxygen atoms in total. The molecular weight excluding hydrogens is 375 g/mol. The largest absolute Gasteiger partial charge is 0.355 e. The molecular formula is C18H20ClFN4OS. The SMILES string of the molecule is C=C(Cl)CSc1nnc(CCNC(=O)C2CCC2)n1-c1ccc(F)cc1. The molecule has 1 aliphatic rings. The number of benzene rings is 1. The van der Waals surface area contributed by atoms with Gasteiger partial charge in [0.15, 0.2) is 5.16 Å². The van der Waals surface area contributed by atoms with Crippen LogP contribution in [0, 0.1) is 11.7 Å². The molecule has 0 unspecified atom stereocenters. The number of thioether (sulfide) groups is 1. The Labute approximate surface area is 161 Å². The number of hydrogen-bond acceptors (Lipinski definition) is 4. The van der Waals surface area contributed by atoms with E-state index in [-0.39, 0.29) is 17.6 Å². The van der Waals surface area contributed by atoms with Crippen molar-refractivity contribution in [2.45, 2.75) is 30.8 Å². The molecule has 0 saturated heterocycles. The summed E-state index contributed by atoms with van der Waals surface area (Å²) in [5.41, 5.74) is 0.763. The molecule has 1 aromatic carbocycles. The van der Waals surface area contributed by atoms with E-state index < -0.39 is 0 Å². The van der Waals surface area contributed by atoms with E-state index in [0.29, 0.717) is 34.7 Å². The van der Waals surface area contributed by atoms with Gasteiger partial charge in [0.05, 0.1) is 0 Å².